The molecule has 2 nitrogen and oxygen atoms in total. The van der Waals surface area contributed by atoms with Crippen LogP contribution in [0, 0.1) is 5.92 Å². The van der Waals surface area contributed by atoms with E-state index in [9.17, 15) is 5.11 Å². The zero-order valence-corrected chi connectivity index (χ0v) is 11.8. The number of thioether (sulfide) groups is 1. The number of ether oxygens (including phenoxy) is 1. The summed E-state index contributed by atoms with van der Waals surface area (Å²) in [5, 5.41) is 10.3. The Morgan fingerprint density at radius 1 is 1.47 bits per heavy atom. The van der Waals surface area contributed by atoms with Crippen LogP contribution in [0.15, 0.2) is 0 Å². The molecule has 17 heavy (non-hydrogen) atoms. The highest BCUT2D eigenvalue weighted by atomic mass is 32.2. The van der Waals surface area contributed by atoms with Crippen LogP contribution in [0.1, 0.15) is 51.9 Å². The van der Waals surface area contributed by atoms with Gasteiger partial charge in [-0.3, -0.25) is 0 Å². The second-order valence-corrected chi connectivity index (χ2v) is 6.76. The molecule has 2 aliphatic heterocycles. The summed E-state index contributed by atoms with van der Waals surface area (Å²) in [4.78, 5) is 0. The van der Waals surface area contributed by atoms with E-state index in [1.54, 1.807) is 0 Å². The van der Waals surface area contributed by atoms with E-state index in [2.05, 4.69) is 6.92 Å². The normalized spacial score (nSPS) is 35.3. The van der Waals surface area contributed by atoms with Gasteiger partial charge in [-0.15, -0.1) is 0 Å². The molecular weight excluding hydrogens is 232 g/mol. The van der Waals surface area contributed by atoms with Gasteiger partial charge in [0.25, 0.3) is 0 Å². The quantitative estimate of drug-likeness (QED) is 0.768. The van der Waals surface area contributed by atoms with Crippen molar-refractivity contribution in [3.05, 3.63) is 0 Å². The van der Waals surface area contributed by atoms with E-state index in [1.165, 1.54) is 31.4 Å². The molecule has 2 rings (SSSR count). The van der Waals surface area contributed by atoms with Crippen LogP contribution in [0.4, 0.5) is 0 Å². The molecule has 0 amide bonds. The Labute approximate surface area is 110 Å². The van der Waals surface area contributed by atoms with Crippen LogP contribution < -0.4 is 0 Å². The minimum Gasteiger partial charge on any atom is -0.393 e. The Hall–Kier alpha value is 0.270. The fraction of sp³-hybridized carbons (Fsp3) is 1.00. The van der Waals surface area contributed by atoms with Crippen LogP contribution in [-0.2, 0) is 4.74 Å². The highest BCUT2D eigenvalue weighted by Crippen LogP contribution is 2.41. The largest absolute Gasteiger partial charge is 0.393 e. The molecule has 0 aromatic heterocycles. The molecule has 0 aromatic rings. The van der Waals surface area contributed by atoms with E-state index < -0.39 is 0 Å². The van der Waals surface area contributed by atoms with Gasteiger partial charge >= 0.3 is 0 Å². The second kappa shape index (κ2) is 6.44. The number of hydrogen-bond donors (Lipinski definition) is 1. The summed E-state index contributed by atoms with van der Waals surface area (Å²) in [5.74, 6) is 2.86. The maximum atomic E-state index is 10.3. The predicted molar refractivity (Wildman–Crippen MR) is 73.5 cm³/mol. The third kappa shape index (κ3) is 3.62. The second-order valence-electron chi connectivity index (χ2n) is 5.65. The lowest BCUT2D eigenvalue weighted by molar-refractivity contribution is -0.102. The van der Waals surface area contributed by atoms with Crippen molar-refractivity contribution in [2.75, 3.05) is 18.1 Å². The molecule has 3 unspecified atom stereocenters. The third-order valence-electron chi connectivity index (χ3n) is 4.25. The number of rotatable bonds is 5. The van der Waals surface area contributed by atoms with Crippen molar-refractivity contribution in [2.24, 2.45) is 5.92 Å². The van der Waals surface area contributed by atoms with Crippen LogP contribution in [0.25, 0.3) is 0 Å². The van der Waals surface area contributed by atoms with Crippen molar-refractivity contribution in [2.45, 2.75) is 63.6 Å². The molecule has 3 atom stereocenters. The van der Waals surface area contributed by atoms with Crippen LogP contribution in [0.3, 0.4) is 0 Å². The molecule has 2 aliphatic rings. The Bertz CT molecular complexity index is 226. The molecule has 0 bridgehead atoms. The summed E-state index contributed by atoms with van der Waals surface area (Å²) >= 11 is 2.01. The molecule has 1 N–H and O–H groups in total. The van der Waals surface area contributed by atoms with Crippen molar-refractivity contribution >= 4 is 11.8 Å². The maximum absolute atomic E-state index is 10.3. The molecule has 2 saturated heterocycles. The Kier molecular flexibility index (Phi) is 5.19. The van der Waals surface area contributed by atoms with Crippen LogP contribution in [0.5, 0.6) is 0 Å². The molecule has 0 aliphatic carbocycles. The molecule has 100 valence electrons. The lowest BCUT2D eigenvalue weighted by Gasteiger charge is -2.39. The lowest BCUT2D eigenvalue weighted by Crippen LogP contribution is -2.43. The lowest BCUT2D eigenvalue weighted by atomic mass is 9.81. The first-order valence-corrected chi connectivity index (χ1v) is 8.31. The fourth-order valence-corrected chi connectivity index (χ4v) is 4.47. The number of aliphatic hydroxyl groups is 1. The molecule has 2 fully saturated rings. The van der Waals surface area contributed by atoms with E-state index in [0.717, 1.165) is 31.6 Å². The Balaban J connectivity index is 1.79. The molecule has 2 heterocycles. The highest BCUT2D eigenvalue weighted by Gasteiger charge is 2.41. The van der Waals surface area contributed by atoms with Crippen molar-refractivity contribution in [3.8, 4) is 0 Å². The van der Waals surface area contributed by atoms with E-state index in [1.807, 2.05) is 11.8 Å². The summed E-state index contributed by atoms with van der Waals surface area (Å²) in [6.45, 7) is 3.07. The van der Waals surface area contributed by atoms with Gasteiger partial charge in [-0.2, -0.15) is 11.8 Å². The zero-order valence-electron chi connectivity index (χ0n) is 11.0. The standard InChI is InChI=1S/C14H26O2S/c1-2-3-4-5-13(15)12-6-8-16-14(10-12)7-9-17-11-14/h12-13,15H,2-11H2,1H3. The number of unbranched alkanes of at least 4 members (excludes halogenated alkanes) is 2. The van der Waals surface area contributed by atoms with Crippen LogP contribution in [-0.4, -0.2) is 34.9 Å². The molecule has 0 saturated carbocycles. The smallest absolute Gasteiger partial charge is 0.0783 e. The average molecular weight is 258 g/mol. The number of aliphatic hydroxyl groups excluding tert-OH is 1. The van der Waals surface area contributed by atoms with Crippen molar-refractivity contribution in [3.63, 3.8) is 0 Å². The van der Waals surface area contributed by atoms with Gasteiger partial charge < -0.3 is 9.84 Å². The van der Waals surface area contributed by atoms with E-state index in [-0.39, 0.29) is 11.7 Å². The third-order valence-corrected chi connectivity index (χ3v) is 5.47. The van der Waals surface area contributed by atoms with Gasteiger partial charge in [0.05, 0.1) is 11.7 Å². The van der Waals surface area contributed by atoms with Gasteiger partial charge in [0, 0.05) is 12.4 Å². The fourth-order valence-electron chi connectivity index (χ4n) is 3.10. The molecule has 0 aromatic carbocycles. The van der Waals surface area contributed by atoms with Gasteiger partial charge in [0.15, 0.2) is 0 Å². The summed E-state index contributed by atoms with van der Waals surface area (Å²) < 4.78 is 6.00. The molecule has 0 radical (unpaired) electrons. The van der Waals surface area contributed by atoms with Crippen LogP contribution in [0.2, 0.25) is 0 Å². The first kappa shape index (κ1) is 13.7. The average Bonchev–Trinajstić information content (AvgIpc) is 2.77. The Morgan fingerprint density at radius 3 is 3.06 bits per heavy atom. The summed E-state index contributed by atoms with van der Waals surface area (Å²) in [5.41, 5.74) is 0.124. The van der Waals surface area contributed by atoms with Gasteiger partial charge in [-0.1, -0.05) is 26.2 Å². The van der Waals surface area contributed by atoms with E-state index >= 15 is 0 Å². The SMILES string of the molecule is CCCCCC(O)C1CCOC2(CCSC2)C1. The molecule has 1 spiro atoms. The summed E-state index contributed by atoms with van der Waals surface area (Å²) in [7, 11) is 0. The minimum absolute atomic E-state index is 0.0899. The van der Waals surface area contributed by atoms with Crippen molar-refractivity contribution in [1.29, 1.82) is 0 Å². The van der Waals surface area contributed by atoms with Crippen molar-refractivity contribution in [1.82, 2.24) is 0 Å². The monoisotopic (exact) mass is 258 g/mol. The maximum Gasteiger partial charge on any atom is 0.0783 e. The van der Waals surface area contributed by atoms with E-state index in [4.69, 9.17) is 4.74 Å². The molecule has 3 heteroatoms. The van der Waals surface area contributed by atoms with E-state index in [0.29, 0.717) is 5.92 Å². The first-order valence-electron chi connectivity index (χ1n) is 7.15. The van der Waals surface area contributed by atoms with Gasteiger partial charge in [0.1, 0.15) is 0 Å². The topological polar surface area (TPSA) is 29.5 Å². The number of hydrogen-bond acceptors (Lipinski definition) is 3. The Morgan fingerprint density at radius 2 is 2.35 bits per heavy atom. The molecular formula is C14H26O2S. The highest BCUT2D eigenvalue weighted by molar-refractivity contribution is 7.99. The predicted octanol–water partition coefficient (Wildman–Crippen LogP) is 3.23. The van der Waals surface area contributed by atoms with Crippen LogP contribution >= 0.6 is 11.8 Å². The summed E-state index contributed by atoms with van der Waals surface area (Å²) in [6.07, 6.45) is 7.90. The van der Waals surface area contributed by atoms with Crippen molar-refractivity contribution < 1.29 is 9.84 Å². The van der Waals surface area contributed by atoms with Gasteiger partial charge in [-0.05, 0) is 37.4 Å². The zero-order chi connectivity index (χ0) is 12.1. The van der Waals surface area contributed by atoms with Gasteiger partial charge in [-0.25, -0.2) is 0 Å². The van der Waals surface area contributed by atoms with Gasteiger partial charge in [0.2, 0.25) is 0 Å². The summed E-state index contributed by atoms with van der Waals surface area (Å²) in [6, 6.07) is 0. The first-order chi connectivity index (χ1) is 8.26. The minimum atomic E-state index is -0.0899.